The van der Waals surface area contributed by atoms with Gasteiger partial charge in [0, 0.05) is 0 Å². The predicted molar refractivity (Wildman–Crippen MR) is 61.2 cm³/mol. The molecule has 1 aliphatic rings. The van der Waals surface area contributed by atoms with Gasteiger partial charge >= 0.3 is 0 Å². The molecule has 0 heterocycles. The lowest BCUT2D eigenvalue weighted by Gasteiger charge is -2.27. The largest absolute Gasteiger partial charge is 0.0958 e. The first kappa shape index (κ1) is 9.26. The average molecular weight is 184 g/mol. The van der Waals surface area contributed by atoms with Crippen LogP contribution in [0.3, 0.4) is 0 Å². The molecule has 2 rings (SSSR count). The zero-order valence-corrected chi connectivity index (χ0v) is 8.66. The lowest BCUT2D eigenvalue weighted by Crippen LogP contribution is -2.15. The van der Waals surface area contributed by atoms with Crippen molar-refractivity contribution in [2.24, 2.45) is 5.92 Å². The summed E-state index contributed by atoms with van der Waals surface area (Å²) >= 11 is 0. The van der Waals surface area contributed by atoms with Gasteiger partial charge in [0.2, 0.25) is 0 Å². The van der Waals surface area contributed by atoms with E-state index in [1.807, 2.05) is 0 Å². The number of benzene rings is 1. The highest BCUT2D eigenvalue weighted by atomic mass is 14.3. The fraction of sp³-hybridized carbons (Fsp3) is 0.286. The topological polar surface area (TPSA) is 0 Å². The van der Waals surface area contributed by atoms with E-state index in [2.05, 4.69) is 49.9 Å². The molecule has 0 bridgehead atoms. The minimum absolute atomic E-state index is 0.718. The van der Waals surface area contributed by atoms with Crippen LogP contribution in [0.25, 0.3) is 0 Å². The van der Waals surface area contributed by atoms with Crippen LogP contribution in [0.4, 0.5) is 0 Å². The first-order chi connectivity index (χ1) is 6.77. The van der Waals surface area contributed by atoms with Gasteiger partial charge in [-0.25, -0.2) is 0 Å². The molecule has 1 aromatic carbocycles. The van der Waals surface area contributed by atoms with E-state index in [9.17, 15) is 0 Å². The van der Waals surface area contributed by atoms with Gasteiger partial charge in [0.1, 0.15) is 0 Å². The molecule has 1 unspecified atom stereocenters. The third-order valence-electron chi connectivity index (χ3n) is 2.88. The number of rotatable bonds is 3. The average Bonchev–Trinajstić information content (AvgIpc) is 2.13. The van der Waals surface area contributed by atoms with Crippen LogP contribution >= 0.6 is 0 Å². The zero-order chi connectivity index (χ0) is 9.97. The summed E-state index contributed by atoms with van der Waals surface area (Å²) in [6.45, 7) is 6.10. The van der Waals surface area contributed by atoms with Crippen molar-refractivity contribution in [1.29, 1.82) is 0 Å². The molecule has 0 spiro atoms. The van der Waals surface area contributed by atoms with Gasteiger partial charge in [-0.05, 0) is 36.8 Å². The third kappa shape index (κ3) is 1.79. The van der Waals surface area contributed by atoms with Gasteiger partial charge in [-0.15, -0.1) is 0 Å². The monoisotopic (exact) mass is 184 g/mol. The molecule has 0 N–H and O–H groups in total. The van der Waals surface area contributed by atoms with E-state index in [1.54, 1.807) is 0 Å². The molecule has 0 nitrogen and oxygen atoms in total. The van der Waals surface area contributed by atoms with Crippen LogP contribution in [0.15, 0.2) is 54.1 Å². The molecule has 0 amide bonds. The van der Waals surface area contributed by atoms with Crippen molar-refractivity contribution in [3.8, 4) is 0 Å². The van der Waals surface area contributed by atoms with Crippen LogP contribution in [0.2, 0.25) is 0 Å². The SMILES string of the molecule is C=C(C)C1=CCC1Cc1ccccc1. The van der Waals surface area contributed by atoms with Crippen molar-refractivity contribution in [2.45, 2.75) is 19.8 Å². The van der Waals surface area contributed by atoms with Gasteiger partial charge in [-0.2, -0.15) is 0 Å². The first-order valence-electron chi connectivity index (χ1n) is 5.17. The standard InChI is InChI=1S/C14H16/c1-11(2)14-9-8-13(14)10-12-6-4-3-5-7-12/h3-7,9,13H,1,8,10H2,2H3. The Labute approximate surface area is 86.0 Å². The molecule has 0 radical (unpaired) electrons. The van der Waals surface area contributed by atoms with Crippen molar-refractivity contribution in [3.63, 3.8) is 0 Å². The van der Waals surface area contributed by atoms with Crippen LogP contribution in [0.1, 0.15) is 18.9 Å². The maximum absolute atomic E-state index is 4.00. The molecule has 0 saturated heterocycles. The summed E-state index contributed by atoms with van der Waals surface area (Å²) in [5.74, 6) is 0.718. The predicted octanol–water partition coefficient (Wildman–Crippen LogP) is 3.75. The molecule has 1 aliphatic carbocycles. The summed E-state index contributed by atoms with van der Waals surface area (Å²) in [4.78, 5) is 0. The van der Waals surface area contributed by atoms with E-state index in [4.69, 9.17) is 0 Å². The Kier molecular flexibility index (Phi) is 2.53. The fourth-order valence-electron chi connectivity index (χ4n) is 2.02. The normalized spacial score (nSPS) is 19.8. The summed E-state index contributed by atoms with van der Waals surface area (Å²) < 4.78 is 0. The van der Waals surface area contributed by atoms with Gasteiger partial charge in [0.05, 0.1) is 0 Å². The van der Waals surface area contributed by atoms with Crippen LogP contribution < -0.4 is 0 Å². The maximum Gasteiger partial charge on any atom is -0.00875 e. The Bertz CT molecular complexity index is 357. The lowest BCUT2D eigenvalue weighted by atomic mass is 9.77. The highest BCUT2D eigenvalue weighted by Gasteiger charge is 2.21. The van der Waals surface area contributed by atoms with Crippen molar-refractivity contribution in [2.75, 3.05) is 0 Å². The van der Waals surface area contributed by atoms with Crippen LogP contribution in [-0.2, 0) is 6.42 Å². The van der Waals surface area contributed by atoms with E-state index in [1.165, 1.54) is 29.6 Å². The van der Waals surface area contributed by atoms with Crippen LogP contribution in [-0.4, -0.2) is 0 Å². The van der Waals surface area contributed by atoms with Gasteiger partial charge in [0.25, 0.3) is 0 Å². The molecule has 0 saturated carbocycles. The summed E-state index contributed by atoms with van der Waals surface area (Å²) in [6.07, 6.45) is 4.69. The Morgan fingerprint density at radius 3 is 2.57 bits per heavy atom. The smallest absolute Gasteiger partial charge is 0.00875 e. The number of hydrogen-bond acceptors (Lipinski definition) is 0. The highest BCUT2D eigenvalue weighted by Crippen LogP contribution is 2.34. The van der Waals surface area contributed by atoms with Crippen LogP contribution in [0.5, 0.6) is 0 Å². The quantitative estimate of drug-likeness (QED) is 0.671. The molecule has 1 atom stereocenters. The molecule has 0 aromatic heterocycles. The van der Waals surface area contributed by atoms with Gasteiger partial charge < -0.3 is 0 Å². The number of hydrogen-bond donors (Lipinski definition) is 0. The Morgan fingerprint density at radius 2 is 2.07 bits per heavy atom. The van der Waals surface area contributed by atoms with Gasteiger partial charge in [0.15, 0.2) is 0 Å². The second-order valence-corrected chi connectivity index (χ2v) is 4.06. The summed E-state index contributed by atoms with van der Waals surface area (Å²) in [5.41, 5.74) is 4.13. The Morgan fingerprint density at radius 1 is 1.36 bits per heavy atom. The molecule has 72 valence electrons. The van der Waals surface area contributed by atoms with Gasteiger partial charge in [-0.1, -0.05) is 48.6 Å². The molecular weight excluding hydrogens is 168 g/mol. The molecule has 0 aliphatic heterocycles. The summed E-state index contributed by atoms with van der Waals surface area (Å²) in [7, 11) is 0. The second kappa shape index (κ2) is 3.83. The second-order valence-electron chi connectivity index (χ2n) is 4.06. The van der Waals surface area contributed by atoms with Crippen molar-refractivity contribution in [1.82, 2.24) is 0 Å². The van der Waals surface area contributed by atoms with Gasteiger partial charge in [-0.3, -0.25) is 0 Å². The van der Waals surface area contributed by atoms with Crippen LogP contribution in [0, 0.1) is 5.92 Å². The molecule has 0 fully saturated rings. The molecule has 14 heavy (non-hydrogen) atoms. The zero-order valence-electron chi connectivity index (χ0n) is 8.66. The lowest BCUT2D eigenvalue weighted by molar-refractivity contribution is 0.568. The molecule has 1 aromatic rings. The molecular formula is C14H16. The molecule has 0 heteroatoms. The van der Waals surface area contributed by atoms with E-state index >= 15 is 0 Å². The van der Waals surface area contributed by atoms with E-state index in [-0.39, 0.29) is 0 Å². The van der Waals surface area contributed by atoms with Crippen molar-refractivity contribution in [3.05, 3.63) is 59.7 Å². The van der Waals surface area contributed by atoms with E-state index < -0.39 is 0 Å². The van der Waals surface area contributed by atoms with Crippen molar-refractivity contribution < 1.29 is 0 Å². The fourth-order valence-corrected chi connectivity index (χ4v) is 2.02. The van der Waals surface area contributed by atoms with E-state index in [0.717, 1.165) is 5.92 Å². The summed E-state index contributed by atoms with van der Waals surface area (Å²) in [5, 5.41) is 0. The Balaban J connectivity index is 2.02. The first-order valence-corrected chi connectivity index (χ1v) is 5.17. The maximum atomic E-state index is 4.00. The minimum atomic E-state index is 0.718. The van der Waals surface area contributed by atoms with Crippen molar-refractivity contribution >= 4 is 0 Å². The third-order valence-corrected chi connectivity index (χ3v) is 2.88. The minimum Gasteiger partial charge on any atom is -0.0958 e. The highest BCUT2D eigenvalue weighted by molar-refractivity contribution is 5.37. The summed E-state index contributed by atoms with van der Waals surface area (Å²) in [6, 6.07) is 10.7. The number of allylic oxidation sites excluding steroid dienone is 3. The Hall–Kier alpha value is -1.30. The van der Waals surface area contributed by atoms with E-state index in [0.29, 0.717) is 0 Å².